The van der Waals surface area contributed by atoms with E-state index in [1.807, 2.05) is 0 Å². The standard InChI is InChI=1S/C11H11FO3/c12-10-4-1-8(2-5-10)9(7-13)3-6-11(14)15/h1-2,4-5,7,9H,3,6H2,(H,14,15). The number of hydrogen-bond acceptors (Lipinski definition) is 2. The Kier molecular flexibility index (Phi) is 3.97. The molecule has 1 rings (SSSR count). The molecule has 0 radical (unpaired) electrons. The Balaban J connectivity index is 2.69. The van der Waals surface area contributed by atoms with E-state index in [9.17, 15) is 14.0 Å². The van der Waals surface area contributed by atoms with Crippen molar-refractivity contribution in [2.75, 3.05) is 0 Å². The van der Waals surface area contributed by atoms with Crippen LogP contribution in [0.25, 0.3) is 0 Å². The zero-order valence-corrected chi connectivity index (χ0v) is 8.02. The van der Waals surface area contributed by atoms with Gasteiger partial charge in [-0.15, -0.1) is 0 Å². The number of hydrogen-bond donors (Lipinski definition) is 1. The van der Waals surface area contributed by atoms with E-state index in [0.29, 0.717) is 11.8 Å². The average Bonchev–Trinajstić information content (AvgIpc) is 2.21. The van der Waals surface area contributed by atoms with Crippen molar-refractivity contribution in [3.63, 3.8) is 0 Å². The molecule has 80 valence electrons. The van der Waals surface area contributed by atoms with E-state index in [2.05, 4.69) is 0 Å². The molecule has 4 heteroatoms. The van der Waals surface area contributed by atoms with E-state index in [4.69, 9.17) is 5.11 Å². The van der Waals surface area contributed by atoms with E-state index in [1.54, 1.807) is 0 Å². The lowest BCUT2D eigenvalue weighted by atomic mass is 9.96. The van der Waals surface area contributed by atoms with Gasteiger partial charge in [0.1, 0.15) is 12.1 Å². The molecule has 1 N–H and O–H groups in total. The van der Waals surface area contributed by atoms with Gasteiger partial charge in [-0.3, -0.25) is 4.79 Å². The molecule has 0 amide bonds. The second-order valence-corrected chi connectivity index (χ2v) is 3.23. The number of carbonyl (C=O) groups is 2. The van der Waals surface area contributed by atoms with Crippen LogP contribution in [-0.4, -0.2) is 17.4 Å². The van der Waals surface area contributed by atoms with Crippen LogP contribution in [0.15, 0.2) is 24.3 Å². The van der Waals surface area contributed by atoms with Gasteiger partial charge >= 0.3 is 5.97 Å². The van der Waals surface area contributed by atoms with Gasteiger partial charge in [-0.25, -0.2) is 4.39 Å². The number of rotatable bonds is 5. The first-order valence-corrected chi connectivity index (χ1v) is 4.56. The molecule has 0 aliphatic rings. The molecular weight excluding hydrogens is 199 g/mol. The lowest BCUT2D eigenvalue weighted by Gasteiger charge is -2.08. The summed E-state index contributed by atoms with van der Waals surface area (Å²) in [6.45, 7) is 0. The zero-order chi connectivity index (χ0) is 11.3. The van der Waals surface area contributed by atoms with Crippen molar-refractivity contribution in [1.29, 1.82) is 0 Å². The molecule has 1 aromatic rings. The van der Waals surface area contributed by atoms with Gasteiger partial charge in [-0.2, -0.15) is 0 Å². The van der Waals surface area contributed by atoms with Crippen LogP contribution in [0.3, 0.4) is 0 Å². The third-order valence-electron chi connectivity index (χ3n) is 2.13. The van der Waals surface area contributed by atoms with Crippen molar-refractivity contribution in [2.45, 2.75) is 18.8 Å². The quantitative estimate of drug-likeness (QED) is 0.756. The van der Waals surface area contributed by atoms with E-state index < -0.39 is 11.9 Å². The molecule has 1 unspecified atom stereocenters. The lowest BCUT2D eigenvalue weighted by molar-refractivity contribution is -0.137. The predicted molar refractivity (Wildman–Crippen MR) is 52.1 cm³/mol. The monoisotopic (exact) mass is 210 g/mol. The Bertz CT molecular complexity index is 345. The van der Waals surface area contributed by atoms with Gasteiger partial charge in [0.15, 0.2) is 0 Å². The highest BCUT2D eigenvalue weighted by Gasteiger charge is 2.12. The summed E-state index contributed by atoms with van der Waals surface area (Å²) in [6, 6.07) is 5.51. The number of halogens is 1. The fraction of sp³-hybridized carbons (Fsp3) is 0.273. The summed E-state index contributed by atoms with van der Waals surface area (Å²) in [6.07, 6.45) is 0.863. The Morgan fingerprint density at radius 3 is 2.47 bits per heavy atom. The predicted octanol–water partition coefficient (Wildman–Crippen LogP) is 1.97. The third-order valence-corrected chi connectivity index (χ3v) is 2.13. The van der Waals surface area contributed by atoms with Crippen LogP contribution in [0.1, 0.15) is 24.3 Å². The number of benzene rings is 1. The van der Waals surface area contributed by atoms with Gasteiger partial charge in [0.05, 0.1) is 0 Å². The summed E-state index contributed by atoms with van der Waals surface area (Å²) in [5, 5.41) is 8.47. The number of carbonyl (C=O) groups excluding carboxylic acids is 1. The van der Waals surface area contributed by atoms with Crippen LogP contribution in [0.4, 0.5) is 4.39 Å². The zero-order valence-electron chi connectivity index (χ0n) is 8.02. The van der Waals surface area contributed by atoms with Crippen LogP contribution in [0.2, 0.25) is 0 Å². The third kappa shape index (κ3) is 3.50. The number of aliphatic carboxylic acids is 1. The van der Waals surface area contributed by atoms with Crippen LogP contribution in [-0.2, 0) is 9.59 Å². The summed E-state index contributed by atoms with van der Waals surface area (Å²) in [4.78, 5) is 21.0. The van der Waals surface area contributed by atoms with Crippen LogP contribution < -0.4 is 0 Å². The highest BCUT2D eigenvalue weighted by molar-refractivity contribution is 5.69. The van der Waals surface area contributed by atoms with Gasteiger partial charge in [0.25, 0.3) is 0 Å². The fourth-order valence-corrected chi connectivity index (χ4v) is 1.30. The number of carboxylic acids is 1. The Labute approximate surface area is 86.5 Å². The molecule has 0 saturated heterocycles. The molecular formula is C11H11FO3. The fourth-order valence-electron chi connectivity index (χ4n) is 1.30. The molecule has 0 heterocycles. The second-order valence-electron chi connectivity index (χ2n) is 3.23. The molecule has 3 nitrogen and oxygen atoms in total. The van der Waals surface area contributed by atoms with Crippen molar-refractivity contribution in [3.05, 3.63) is 35.6 Å². The first kappa shape index (κ1) is 11.4. The maximum atomic E-state index is 12.6. The molecule has 0 spiro atoms. The van der Waals surface area contributed by atoms with Crippen molar-refractivity contribution in [1.82, 2.24) is 0 Å². The van der Waals surface area contributed by atoms with E-state index in [0.717, 1.165) is 0 Å². The smallest absolute Gasteiger partial charge is 0.303 e. The first-order chi connectivity index (χ1) is 7.13. The summed E-state index contributed by atoms with van der Waals surface area (Å²) >= 11 is 0. The van der Waals surface area contributed by atoms with Gasteiger partial charge in [-0.05, 0) is 24.1 Å². The molecule has 0 aliphatic carbocycles. The molecule has 0 aliphatic heterocycles. The maximum absolute atomic E-state index is 12.6. The largest absolute Gasteiger partial charge is 0.481 e. The second kappa shape index (κ2) is 5.24. The summed E-state index contributed by atoms with van der Waals surface area (Å²) in [5.74, 6) is -1.78. The minimum atomic E-state index is -0.941. The first-order valence-electron chi connectivity index (χ1n) is 4.56. The SMILES string of the molecule is O=CC(CCC(=O)O)c1ccc(F)cc1. The van der Waals surface area contributed by atoms with Gasteiger partial charge < -0.3 is 9.90 Å². The molecule has 0 saturated carbocycles. The molecule has 0 fully saturated rings. The molecule has 0 bridgehead atoms. The maximum Gasteiger partial charge on any atom is 0.303 e. The topological polar surface area (TPSA) is 54.4 Å². The van der Waals surface area contributed by atoms with E-state index >= 15 is 0 Å². The van der Waals surface area contributed by atoms with Gasteiger partial charge in [0.2, 0.25) is 0 Å². The lowest BCUT2D eigenvalue weighted by Crippen LogP contribution is -2.04. The summed E-state index contributed by atoms with van der Waals surface area (Å²) in [7, 11) is 0. The number of carboxylic acid groups (broad SMARTS) is 1. The van der Waals surface area contributed by atoms with Crippen LogP contribution in [0, 0.1) is 5.82 Å². The summed E-state index contributed by atoms with van der Waals surface area (Å²) in [5.41, 5.74) is 0.646. The highest BCUT2D eigenvalue weighted by atomic mass is 19.1. The molecule has 1 atom stereocenters. The molecule has 15 heavy (non-hydrogen) atoms. The van der Waals surface area contributed by atoms with E-state index in [-0.39, 0.29) is 18.7 Å². The van der Waals surface area contributed by atoms with Crippen molar-refractivity contribution in [3.8, 4) is 0 Å². The van der Waals surface area contributed by atoms with Crippen molar-refractivity contribution in [2.24, 2.45) is 0 Å². The van der Waals surface area contributed by atoms with Gasteiger partial charge in [0, 0.05) is 12.3 Å². The van der Waals surface area contributed by atoms with Crippen molar-refractivity contribution < 1.29 is 19.1 Å². The molecule has 1 aromatic carbocycles. The van der Waals surface area contributed by atoms with Crippen molar-refractivity contribution >= 4 is 12.3 Å². The van der Waals surface area contributed by atoms with Gasteiger partial charge in [-0.1, -0.05) is 12.1 Å². The Morgan fingerprint density at radius 2 is 2.00 bits per heavy atom. The normalized spacial score (nSPS) is 12.1. The molecule has 0 aromatic heterocycles. The van der Waals surface area contributed by atoms with Crippen LogP contribution in [0.5, 0.6) is 0 Å². The highest BCUT2D eigenvalue weighted by Crippen LogP contribution is 2.19. The van der Waals surface area contributed by atoms with Crippen LogP contribution >= 0.6 is 0 Å². The Morgan fingerprint density at radius 1 is 1.40 bits per heavy atom. The Hall–Kier alpha value is -1.71. The minimum Gasteiger partial charge on any atom is -0.481 e. The average molecular weight is 210 g/mol. The van der Waals surface area contributed by atoms with E-state index in [1.165, 1.54) is 24.3 Å². The minimum absolute atomic E-state index is 0.0687. The number of aldehydes is 1. The summed E-state index contributed by atoms with van der Waals surface area (Å²) < 4.78 is 12.6.